The number of carbonyl (C=O) groups excluding carboxylic acids is 1. The van der Waals surface area contributed by atoms with Crippen LogP contribution >= 0.6 is 24.8 Å². The molecule has 28 heavy (non-hydrogen) atoms. The van der Waals surface area contributed by atoms with Gasteiger partial charge in [-0.3, -0.25) is 4.79 Å². The Kier molecular flexibility index (Phi) is 8.51. The maximum absolute atomic E-state index is 12.8. The Bertz CT molecular complexity index is 820. The molecule has 2 N–H and O–H groups in total. The molecule has 0 unspecified atom stereocenters. The number of hydrogen-bond donors (Lipinski definition) is 1. The summed E-state index contributed by atoms with van der Waals surface area (Å²) in [5.74, 6) is 2.17. The number of benzene rings is 1. The smallest absolute Gasteiger partial charge is 0.254 e. The number of hydrogen-bond acceptors (Lipinski definition) is 5. The summed E-state index contributed by atoms with van der Waals surface area (Å²) in [6.07, 6.45) is 0. The number of nitrogen functional groups attached to an aromatic ring is 1. The number of anilines is 2. The minimum absolute atomic E-state index is 0. The zero-order valence-corrected chi connectivity index (χ0v) is 18.4. The molecule has 2 heterocycles. The highest BCUT2D eigenvalue weighted by atomic mass is 35.5. The van der Waals surface area contributed by atoms with E-state index in [0.717, 1.165) is 36.0 Å². The topological polar surface area (TPSA) is 75.3 Å². The van der Waals surface area contributed by atoms with Gasteiger partial charge >= 0.3 is 0 Å². The number of piperazine rings is 1. The van der Waals surface area contributed by atoms with Gasteiger partial charge in [0.1, 0.15) is 11.6 Å². The van der Waals surface area contributed by atoms with E-state index in [-0.39, 0.29) is 30.7 Å². The molecule has 1 aromatic carbocycles. The predicted octanol–water partition coefficient (Wildman–Crippen LogP) is 3.61. The summed E-state index contributed by atoms with van der Waals surface area (Å²) < 4.78 is 0. The van der Waals surface area contributed by atoms with Crippen LogP contribution in [0.15, 0.2) is 24.3 Å². The van der Waals surface area contributed by atoms with E-state index in [4.69, 9.17) is 10.7 Å². The van der Waals surface area contributed by atoms with Crippen LogP contribution in [-0.2, 0) is 0 Å². The number of halogens is 2. The van der Waals surface area contributed by atoms with Crippen molar-refractivity contribution in [1.82, 2.24) is 14.9 Å². The first-order valence-corrected chi connectivity index (χ1v) is 9.11. The summed E-state index contributed by atoms with van der Waals surface area (Å²) in [4.78, 5) is 26.2. The zero-order valence-electron chi connectivity index (χ0n) is 16.8. The van der Waals surface area contributed by atoms with Crippen molar-refractivity contribution in [3.8, 4) is 0 Å². The molecule has 0 atom stereocenters. The second-order valence-corrected chi connectivity index (χ2v) is 7.23. The van der Waals surface area contributed by atoms with Crippen molar-refractivity contribution in [2.24, 2.45) is 0 Å². The van der Waals surface area contributed by atoms with Gasteiger partial charge in [-0.1, -0.05) is 19.9 Å². The molecule has 0 radical (unpaired) electrons. The summed E-state index contributed by atoms with van der Waals surface area (Å²) in [5, 5.41) is 0. The molecule has 0 bridgehead atoms. The minimum atomic E-state index is 0. The largest absolute Gasteiger partial charge is 0.399 e. The number of nitrogens with two attached hydrogens (primary N) is 1. The molecular weight excluding hydrogens is 397 g/mol. The first kappa shape index (κ1) is 24.0. The molecule has 1 aliphatic rings. The monoisotopic (exact) mass is 425 g/mol. The van der Waals surface area contributed by atoms with Crippen molar-refractivity contribution in [2.75, 3.05) is 36.8 Å². The molecule has 2 aromatic rings. The van der Waals surface area contributed by atoms with Gasteiger partial charge in [0.15, 0.2) is 0 Å². The second kappa shape index (κ2) is 9.94. The number of nitrogens with zero attached hydrogens (tertiary/aromatic N) is 4. The number of rotatable bonds is 3. The van der Waals surface area contributed by atoms with Crippen LogP contribution < -0.4 is 10.6 Å². The van der Waals surface area contributed by atoms with Crippen LogP contribution in [0.3, 0.4) is 0 Å². The summed E-state index contributed by atoms with van der Waals surface area (Å²) in [6, 6.07) is 7.52. The van der Waals surface area contributed by atoms with Gasteiger partial charge in [0.05, 0.1) is 0 Å². The van der Waals surface area contributed by atoms with E-state index >= 15 is 0 Å². The zero-order chi connectivity index (χ0) is 18.8. The number of carbonyl (C=O) groups is 1. The van der Waals surface area contributed by atoms with Crippen molar-refractivity contribution in [2.45, 2.75) is 33.6 Å². The third kappa shape index (κ3) is 5.26. The lowest BCUT2D eigenvalue weighted by Crippen LogP contribution is -2.49. The van der Waals surface area contributed by atoms with Crippen LogP contribution in [0.2, 0.25) is 0 Å². The Morgan fingerprint density at radius 1 is 1.04 bits per heavy atom. The molecule has 3 rings (SSSR count). The maximum atomic E-state index is 12.8. The maximum Gasteiger partial charge on any atom is 0.254 e. The SMILES string of the molecule is Cc1cc(N2CCN(C(=O)c3cc(N)ccc3C)CC2)nc(C(C)C)n1.Cl.Cl. The van der Waals surface area contributed by atoms with Crippen molar-refractivity contribution >= 4 is 42.2 Å². The van der Waals surface area contributed by atoms with Crippen LogP contribution in [0.4, 0.5) is 11.5 Å². The molecule has 1 fully saturated rings. The van der Waals surface area contributed by atoms with E-state index in [1.165, 1.54) is 0 Å². The average molecular weight is 426 g/mol. The van der Waals surface area contributed by atoms with Crippen LogP contribution in [0.1, 0.15) is 47.2 Å². The third-order valence-corrected chi connectivity index (χ3v) is 4.76. The van der Waals surface area contributed by atoms with E-state index in [2.05, 4.69) is 23.7 Å². The Morgan fingerprint density at radius 3 is 2.29 bits per heavy atom. The Balaban J connectivity index is 0.00000196. The third-order valence-electron chi connectivity index (χ3n) is 4.76. The van der Waals surface area contributed by atoms with Gasteiger partial charge in [-0.15, -0.1) is 24.8 Å². The predicted molar refractivity (Wildman–Crippen MR) is 119 cm³/mol. The summed E-state index contributed by atoms with van der Waals surface area (Å²) in [7, 11) is 0. The standard InChI is InChI=1S/C20H27N5O.2ClH/c1-13(2)19-22-15(4)11-18(23-19)24-7-9-25(10-8-24)20(26)17-12-16(21)6-5-14(17)3;;/h5-6,11-13H,7-10,21H2,1-4H3;2*1H. The van der Waals surface area contributed by atoms with Gasteiger partial charge < -0.3 is 15.5 Å². The van der Waals surface area contributed by atoms with Gasteiger partial charge in [-0.05, 0) is 31.5 Å². The molecule has 1 saturated heterocycles. The number of aromatic nitrogens is 2. The van der Waals surface area contributed by atoms with Crippen molar-refractivity contribution in [3.05, 3.63) is 46.9 Å². The summed E-state index contributed by atoms with van der Waals surface area (Å²) >= 11 is 0. The Hall–Kier alpha value is -2.05. The van der Waals surface area contributed by atoms with Crippen LogP contribution in [0.25, 0.3) is 0 Å². The molecule has 0 aliphatic carbocycles. The Morgan fingerprint density at radius 2 is 1.68 bits per heavy atom. The lowest BCUT2D eigenvalue weighted by atomic mass is 10.1. The molecule has 8 heteroatoms. The quantitative estimate of drug-likeness (QED) is 0.759. The van der Waals surface area contributed by atoms with Gasteiger partial charge in [-0.25, -0.2) is 9.97 Å². The molecule has 1 aromatic heterocycles. The fraction of sp³-hybridized carbons (Fsp3) is 0.450. The molecule has 1 aliphatic heterocycles. The van der Waals surface area contributed by atoms with E-state index in [0.29, 0.717) is 30.3 Å². The van der Waals surface area contributed by atoms with Gasteiger partial charge in [0, 0.05) is 55.1 Å². The summed E-state index contributed by atoms with van der Waals surface area (Å²) in [6.45, 7) is 11.0. The molecular formula is C20H29Cl2N5O. The molecule has 1 amide bonds. The van der Waals surface area contributed by atoms with E-state index < -0.39 is 0 Å². The van der Waals surface area contributed by atoms with Crippen LogP contribution in [-0.4, -0.2) is 47.0 Å². The van der Waals surface area contributed by atoms with Gasteiger partial charge in [0.2, 0.25) is 0 Å². The lowest BCUT2D eigenvalue weighted by molar-refractivity contribution is 0.0746. The highest BCUT2D eigenvalue weighted by Gasteiger charge is 2.24. The number of aryl methyl sites for hydroxylation is 2. The van der Waals surface area contributed by atoms with E-state index in [9.17, 15) is 4.79 Å². The normalized spacial score (nSPS) is 13.8. The Labute approximate surface area is 179 Å². The fourth-order valence-electron chi connectivity index (χ4n) is 3.17. The summed E-state index contributed by atoms with van der Waals surface area (Å²) in [5.41, 5.74) is 9.10. The van der Waals surface area contributed by atoms with Crippen molar-refractivity contribution in [3.63, 3.8) is 0 Å². The van der Waals surface area contributed by atoms with Gasteiger partial charge in [-0.2, -0.15) is 0 Å². The lowest BCUT2D eigenvalue weighted by Gasteiger charge is -2.36. The highest BCUT2D eigenvalue weighted by Crippen LogP contribution is 2.20. The van der Waals surface area contributed by atoms with Crippen molar-refractivity contribution < 1.29 is 4.79 Å². The molecule has 0 saturated carbocycles. The molecule has 6 nitrogen and oxygen atoms in total. The number of amides is 1. The van der Waals surface area contributed by atoms with Gasteiger partial charge in [0.25, 0.3) is 5.91 Å². The fourth-order valence-corrected chi connectivity index (χ4v) is 3.17. The average Bonchev–Trinajstić information content (AvgIpc) is 2.62. The molecule has 154 valence electrons. The van der Waals surface area contributed by atoms with Crippen LogP contribution in [0, 0.1) is 13.8 Å². The van der Waals surface area contributed by atoms with E-state index in [1.54, 1.807) is 6.07 Å². The first-order valence-electron chi connectivity index (χ1n) is 9.11. The first-order chi connectivity index (χ1) is 12.3. The second-order valence-electron chi connectivity index (χ2n) is 7.23. The minimum Gasteiger partial charge on any atom is -0.399 e. The van der Waals surface area contributed by atoms with E-state index in [1.807, 2.05) is 36.9 Å². The highest BCUT2D eigenvalue weighted by molar-refractivity contribution is 5.96. The van der Waals surface area contributed by atoms with Crippen LogP contribution in [0.5, 0.6) is 0 Å². The van der Waals surface area contributed by atoms with Crippen molar-refractivity contribution in [1.29, 1.82) is 0 Å². The molecule has 0 spiro atoms.